The Labute approximate surface area is 127 Å². The molecule has 2 rings (SSSR count). The fourth-order valence-electron chi connectivity index (χ4n) is 1.49. The number of alkyl halides is 3. The third kappa shape index (κ3) is 3.92. The Morgan fingerprint density at radius 2 is 2.14 bits per heavy atom. The Bertz CT molecular complexity index is 642. The third-order valence-electron chi connectivity index (χ3n) is 2.51. The van der Waals surface area contributed by atoms with Gasteiger partial charge in [0.2, 0.25) is 0 Å². The summed E-state index contributed by atoms with van der Waals surface area (Å²) in [6, 6.07) is 2.96. The maximum absolute atomic E-state index is 12.4. The molecule has 21 heavy (non-hydrogen) atoms. The van der Waals surface area contributed by atoms with Crippen molar-refractivity contribution in [1.29, 1.82) is 0 Å². The van der Waals surface area contributed by atoms with Gasteiger partial charge >= 0.3 is 6.18 Å². The van der Waals surface area contributed by atoms with Gasteiger partial charge in [-0.1, -0.05) is 11.6 Å². The Morgan fingerprint density at radius 3 is 2.67 bits per heavy atom. The van der Waals surface area contributed by atoms with E-state index in [1.807, 2.05) is 0 Å². The molecule has 0 N–H and O–H groups in total. The number of hydrogen-bond acceptors (Lipinski definition) is 4. The van der Waals surface area contributed by atoms with E-state index >= 15 is 0 Å². The molecule has 2 aromatic rings. The van der Waals surface area contributed by atoms with Gasteiger partial charge in [0.1, 0.15) is 10.7 Å². The number of thiazole rings is 1. The van der Waals surface area contributed by atoms with Gasteiger partial charge in [0, 0.05) is 18.6 Å². The molecule has 0 saturated heterocycles. The summed E-state index contributed by atoms with van der Waals surface area (Å²) in [6.07, 6.45) is -3.15. The molecule has 4 nitrogen and oxygen atoms in total. The number of amides is 1. The molecule has 2 heterocycles. The van der Waals surface area contributed by atoms with Crippen LogP contribution in [0, 0.1) is 0 Å². The van der Waals surface area contributed by atoms with Gasteiger partial charge in [0.25, 0.3) is 5.91 Å². The number of halogens is 4. The molecular formula is C12H9ClF3N3OS. The van der Waals surface area contributed by atoms with E-state index in [4.69, 9.17) is 11.6 Å². The van der Waals surface area contributed by atoms with E-state index in [9.17, 15) is 18.0 Å². The van der Waals surface area contributed by atoms with E-state index in [-0.39, 0.29) is 17.2 Å². The van der Waals surface area contributed by atoms with Crippen molar-refractivity contribution in [2.75, 3.05) is 7.05 Å². The summed E-state index contributed by atoms with van der Waals surface area (Å²) in [6.45, 7) is -0.0239. The van der Waals surface area contributed by atoms with Crippen molar-refractivity contribution >= 4 is 28.8 Å². The summed E-state index contributed by atoms with van der Waals surface area (Å²) < 4.78 is 37.3. The van der Waals surface area contributed by atoms with Crippen molar-refractivity contribution in [3.63, 3.8) is 0 Å². The lowest BCUT2D eigenvalue weighted by molar-refractivity contribution is -0.140. The van der Waals surface area contributed by atoms with Gasteiger partial charge < -0.3 is 4.90 Å². The molecule has 112 valence electrons. The van der Waals surface area contributed by atoms with Gasteiger partial charge in [-0.3, -0.25) is 4.79 Å². The summed E-state index contributed by atoms with van der Waals surface area (Å²) in [5.41, 5.74) is -0.789. The predicted octanol–water partition coefficient (Wildman–Crippen LogP) is 3.48. The molecule has 0 aliphatic rings. The fraction of sp³-hybridized carbons (Fsp3) is 0.250. The van der Waals surface area contributed by atoms with Crippen LogP contribution in [0.15, 0.2) is 23.7 Å². The molecule has 0 aromatic carbocycles. The van der Waals surface area contributed by atoms with Gasteiger partial charge in [-0.25, -0.2) is 9.97 Å². The number of carbonyl (C=O) groups is 1. The van der Waals surface area contributed by atoms with Crippen LogP contribution in [-0.2, 0) is 12.7 Å². The minimum atomic E-state index is -4.48. The molecule has 9 heteroatoms. The summed E-state index contributed by atoms with van der Waals surface area (Å²) in [7, 11) is 1.47. The quantitative estimate of drug-likeness (QED) is 0.862. The number of carbonyl (C=O) groups excluding carboxylic acids is 1. The SMILES string of the molecule is CN(Cc1nc(C(F)(F)F)cs1)C(=O)c1ccc(Cl)cn1. The maximum Gasteiger partial charge on any atom is 0.434 e. The first-order valence-corrected chi connectivity index (χ1v) is 6.92. The fourth-order valence-corrected chi connectivity index (χ4v) is 2.45. The van der Waals surface area contributed by atoms with E-state index in [1.54, 1.807) is 0 Å². The van der Waals surface area contributed by atoms with E-state index in [1.165, 1.54) is 30.3 Å². The number of aromatic nitrogens is 2. The Kier molecular flexibility index (Phi) is 4.48. The largest absolute Gasteiger partial charge is 0.434 e. The molecule has 2 aromatic heterocycles. The molecular weight excluding hydrogens is 327 g/mol. The second kappa shape index (κ2) is 5.98. The van der Waals surface area contributed by atoms with Gasteiger partial charge in [0.05, 0.1) is 11.6 Å². The molecule has 0 fully saturated rings. The highest BCUT2D eigenvalue weighted by atomic mass is 35.5. The molecule has 0 spiro atoms. The second-order valence-electron chi connectivity index (χ2n) is 4.15. The molecule has 0 unspecified atom stereocenters. The van der Waals surface area contributed by atoms with Crippen LogP contribution in [0.5, 0.6) is 0 Å². The topological polar surface area (TPSA) is 46.1 Å². The van der Waals surface area contributed by atoms with Gasteiger partial charge in [-0.15, -0.1) is 11.3 Å². The van der Waals surface area contributed by atoms with Crippen molar-refractivity contribution in [3.05, 3.63) is 45.1 Å². The highest BCUT2D eigenvalue weighted by molar-refractivity contribution is 7.09. The Balaban J connectivity index is 2.07. The van der Waals surface area contributed by atoms with E-state index in [0.29, 0.717) is 5.02 Å². The van der Waals surface area contributed by atoms with Crippen molar-refractivity contribution in [1.82, 2.24) is 14.9 Å². The van der Waals surface area contributed by atoms with Crippen molar-refractivity contribution in [2.45, 2.75) is 12.7 Å². The summed E-state index contributed by atoms with van der Waals surface area (Å²) in [5.74, 6) is -0.421. The lowest BCUT2D eigenvalue weighted by atomic mass is 10.3. The van der Waals surface area contributed by atoms with E-state index in [2.05, 4.69) is 9.97 Å². The van der Waals surface area contributed by atoms with E-state index in [0.717, 1.165) is 16.7 Å². The number of hydrogen-bond donors (Lipinski definition) is 0. The Hall–Kier alpha value is -1.67. The summed E-state index contributed by atoms with van der Waals surface area (Å²) >= 11 is 6.52. The third-order valence-corrected chi connectivity index (χ3v) is 3.56. The number of pyridine rings is 1. The van der Waals surface area contributed by atoms with Gasteiger partial charge in [0.15, 0.2) is 5.69 Å². The minimum absolute atomic E-state index is 0.0239. The molecule has 1 amide bonds. The van der Waals surface area contributed by atoms with Gasteiger partial charge in [-0.05, 0) is 12.1 Å². The lowest BCUT2D eigenvalue weighted by Gasteiger charge is -2.15. The van der Waals surface area contributed by atoms with Crippen LogP contribution in [-0.4, -0.2) is 27.8 Å². The number of nitrogens with zero attached hydrogens (tertiary/aromatic N) is 3. The normalized spacial score (nSPS) is 11.5. The van der Waals surface area contributed by atoms with Crippen LogP contribution in [0.4, 0.5) is 13.2 Å². The number of rotatable bonds is 3. The maximum atomic E-state index is 12.4. The van der Waals surface area contributed by atoms with Crippen molar-refractivity contribution in [2.24, 2.45) is 0 Å². The summed E-state index contributed by atoms with van der Waals surface area (Å²) in [4.78, 5) is 20.6. The monoisotopic (exact) mass is 335 g/mol. The van der Waals surface area contributed by atoms with Crippen LogP contribution in [0.1, 0.15) is 21.2 Å². The van der Waals surface area contributed by atoms with E-state index < -0.39 is 17.8 Å². The van der Waals surface area contributed by atoms with Crippen LogP contribution in [0.3, 0.4) is 0 Å². The lowest BCUT2D eigenvalue weighted by Crippen LogP contribution is -2.27. The predicted molar refractivity (Wildman–Crippen MR) is 72.2 cm³/mol. The van der Waals surface area contributed by atoms with Crippen molar-refractivity contribution in [3.8, 4) is 0 Å². The zero-order valence-corrected chi connectivity index (χ0v) is 12.3. The Morgan fingerprint density at radius 1 is 1.43 bits per heavy atom. The molecule has 0 aliphatic carbocycles. The molecule has 0 bridgehead atoms. The van der Waals surface area contributed by atoms with Crippen LogP contribution < -0.4 is 0 Å². The molecule has 0 aliphatic heterocycles. The van der Waals surface area contributed by atoms with Gasteiger partial charge in [-0.2, -0.15) is 13.2 Å². The molecule has 0 atom stereocenters. The zero-order chi connectivity index (χ0) is 15.6. The van der Waals surface area contributed by atoms with Crippen LogP contribution >= 0.6 is 22.9 Å². The van der Waals surface area contributed by atoms with Crippen LogP contribution in [0.2, 0.25) is 5.02 Å². The molecule has 0 radical (unpaired) electrons. The average molecular weight is 336 g/mol. The highest BCUT2D eigenvalue weighted by Crippen LogP contribution is 2.30. The first-order chi connectivity index (χ1) is 9.77. The average Bonchev–Trinajstić information content (AvgIpc) is 2.87. The molecule has 0 saturated carbocycles. The first kappa shape index (κ1) is 15.7. The highest BCUT2D eigenvalue weighted by Gasteiger charge is 2.33. The zero-order valence-electron chi connectivity index (χ0n) is 10.7. The standard InChI is InChI=1S/C12H9ClF3N3OS/c1-19(11(20)8-3-2-7(13)4-17-8)5-10-18-9(6-21-10)12(14,15)16/h2-4,6H,5H2,1H3. The van der Waals surface area contributed by atoms with Crippen LogP contribution in [0.25, 0.3) is 0 Å². The summed E-state index contributed by atoms with van der Waals surface area (Å²) in [5, 5.41) is 1.52. The minimum Gasteiger partial charge on any atom is -0.334 e. The second-order valence-corrected chi connectivity index (χ2v) is 5.53. The smallest absolute Gasteiger partial charge is 0.334 e. The first-order valence-electron chi connectivity index (χ1n) is 5.66. The van der Waals surface area contributed by atoms with Crippen molar-refractivity contribution < 1.29 is 18.0 Å².